The van der Waals surface area contributed by atoms with Crippen LogP contribution in [0.3, 0.4) is 0 Å². The lowest BCUT2D eigenvalue weighted by molar-refractivity contribution is -0.159. The SMILES string of the molecule is C=Cc1ccc(COC(=O)COC(=O)CC)cc1. The summed E-state index contributed by atoms with van der Waals surface area (Å²) in [5.74, 6) is -0.966. The minimum absolute atomic E-state index is 0.167. The van der Waals surface area contributed by atoms with Gasteiger partial charge in [-0.3, -0.25) is 4.79 Å². The fraction of sp³-hybridized carbons (Fsp3) is 0.286. The molecule has 96 valence electrons. The summed E-state index contributed by atoms with van der Waals surface area (Å²) in [6.07, 6.45) is 1.98. The van der Waals surface area contributed by atoms with E-state index >= 15 is 0 Å². The first-order valence-electron chi connectivity index (χ1n) is 5.68. The predicted octanol–water partition coefficient (Wildman–Crippen LogP) is 2.33. The summed E-state index contributed by atoms with van der Waals surface area (Å²) in [6.45, 7) is 5.14. The van der Waals surface area contributed by atoms with Gasteiger partial charge in [0.2, 0.25) is 0 Å². The summed E-state index contributed by atoms with van der Waals surface area (Å²) >= 11 is 0. The number of rotatable bonds is 6. The summed E-state index contributed by atoms with van der Waals surface area (Å²) in [6, 6.07) is 7.46. The van der Waals surface area contributed by atoms with Gasteiger partial charge in [0, 0.05) is 6.42 Å². The molecule has 0 heterocycles. The second-order valence-corrected chi connectivity index (χ2v) is 3.62. The fourth-order valence-corrected chi connectivity index (χ4v) is 1.20. The van der Waals surface area contributed by atoms with Crippen LogP contribution in [0.1, 0.15) is 24.5 Å². The first kappa shape index (κ1) is 14.0. The molecule has 0 saturated heterocycles. The fourth-order valence-electron chi connectivity index (χ4n) is 1.20. The minimum atomic E-state index is -0.551. The van der Waals surface area contributed by atoms with Crippen molar-refractivity contribution < 1.29 is 19.1 Å². The number of hydrogen-bond acceptors (Lipinski definition) is 4. The van der Waals surface area contributed by atoms with Gasteiger partial charge in [-0.1, -0.05) is 43.8 Å². The van der Waals surface area contributed by atoms with Gasteiger partial charge in [0.15, 0.2) is 6.61 Å². The van der Waals surface area contributed by atoms with E-state index in [-0.39, 0.29) is 19.6 Å². The Balaban J connectivity index is 2.33. The van der Waals surface area contributed by atoms with Crippen LogP contribution in [-0.4, -0.2) is 18.5 Å². The maximum atomic E-state index is 11.2. The molecule has 0 amide bonds. The van der Waals surface area contributed by atoms with Crippen molar-refractivity contribution in [3.8, 4) is 0 Å². The zero-order valence-electron chi connectivity index (χ0n) is 10.3. The topological polar surface area (TPSA) is 52.6 Å². The lowest BCUT2D eigenvalue weighted by Crippen LogP contribution is -2.15. The Bertz CT molecular complexity index is 420. The molecular weight excluding hydrogens is 232 g/mol. The Hall–Kier alpha value is -2.10. The molecule has 0 spiro atoms. The maximum absolute atomic E-state index is 11.2. The Kier molecular flexibility index (Phi) is 5.64. The first-order chi connectivity index (χ1) is 8.65. The normalized spacial score (nSPS) is 9.61. The van der Waals surface area contributed by atoms with Crippen LogP contribution in [0.15, 0.2) is 30.8 Å². The van der Waals surface area contributed by atoms with Crippen LogP contribution in [0.5, 0.6) is 0 Å². The average Bonchev–Trinajstić information content (AvgIpc) is 2.42. The van der Waals surface area contributed by atoms with Crippen molar-refractivity contribution in [1.29, 1.82) is 0 Å². The van der Waals surface area contributed by atoms with E-state index in [4.69, 9.17) is 4.74 Å². The van der Waals surface area contributed by atoms with Crippen LogP contribution in [0.25, 0.3) is 6.08 Å². The van der Waals surface area contributed by atoms with Crippen molar-refractivity contribution in [2.45, 2.75) is 20.0 Å². The summed E-state index contributed by atoms with van der Waals surface area (Å²) < 4.78 is 9.61. The molecule has 1 aromatic rings. The quantitative estimate of drug-likeness (QED) is 0.725. The standard InChI is InChI=1S/C14H16O4/c1-3-11-5-7-12(8-6-11)9-17-14(16)10-18-13(15)4-2/h3,5-8H,1,4,9-10H2,2H3. The highest BCUT2D eigenvalue weighted by Crippen LogP contribution is 2.06. The molecule has 0 unspecified atom stereocenters. The van der Waals surface area contributed by atoms with Crippen LogP contribution in [-0.2, 0) is 25.7 Å². The van der Waals surface area contributed by atoms with Gasteiger partial charge in [0.25, 0.3) is 0 Å². The Morgan fingerprint density at radius 3 is 2.39 bits per heavy atom. The maximum Gasteiger partial charge on any atom is 0.344 e. The van der Waals surface area contributed by atoms with E-state index in [1.807, 2.05) is 24.3 Å². The van der Waals surface area contributed by atoms with E-state index in [9.17, 15) is 9.59 Å². The Morgan fingerprint density at radius 2 is 1.83 bits per heavy atom. The third-order valence-electron chi connectivity index (χ3n) is 2.25. The molecule has 1 aromatic carbocycles. The largest absolute Gasteiger partial charge is 0.458 e. The number of hydrogen-bond donors (Lipinski definition) is 0. The van der Waals surface area contributed by atoms with Gasteiger partial charge in [0.1, 0.15) is 6.61 Å². The van der Waals surface area contributed by atoms with Gasteiger partial charge < -0.3 is 9.47 Å². The van der Waals surface area contributed by atoms with Crippen LogP contribution < -0.4 is 0 Å². The van der Waals surface area contributed by atoms with Crippen molar-refractivity contribution >= 4 is 18.0 Å². The Morgan fingerprint density at radius 1 is 1.17 bits per heavy atom. The third kappa shape index (κ3) is 4.82. The van der Waals surface area contributed by atoms with E-state index < -0.39 is 11.9 Å². The number of esters is 2. The molecule has 0 aliphatic carbocycles. The smallest absolute Gasteiger partial charge is 0.344 e. The molecule has 0 aromatic heterocycles. The predicted molar refractivity (Wildman–Crippen MR) is 67.6 cm³/mol. The van der Waals surface area contributed by atoms with Crippen molar-refractivity contribution in [2.24, 2.45) is 0 Å². The molecule has 0 N–H and O–H groups in total. The second kappa shape index (κ2) is 7.27. The van der Waals surface area contributed by atoms with E-state index in [0.717, 1.165) is 11.1 Å². The molecule has 0 aliphatic heterocycles. The van der Waals surface area contributed by atoms with Gasteiger partial charge in [-0.15, -0.1) is 0 Å². The minimum Gasteiger partial charge on any atom is -0.458 e. The van der Waals surface area contributed by atoms with Gasteiger partial charge in [0.05, 0.1) is 0 Å². The van der Waals surface area contributed by atoms with Gasteiger partial charge in [-0.25, -0.2) is 4.79 Å². The molecule has 0 atom stereocenters. The summed E-state index contributed by atoms with van der Waals surface area (Å²) in [7, 11) is 0. The molecule has 0 saturated carbocycles. The summed E-state index contributed by atoms with van der Waals surface area (Å²) in [4.78, 5) is 22.1. The van der Waals surface area contributed by atoms with E-state index in [2.05, 4.69) is 11.3 Å². The number of carbonyl (C=O) groups is 2. The van der Waals surface area contributed by atoms with Crippen LogP contribution in [0, 0.1) is 0 Å². The molecule has 0 bridgehead atoms. The van der Waals surface area contributed by atoms with Crippen molar-refractivity contribution in [1.82, 2.24) is 0 Å². The van der Waals surface area contributed by atoms with Crippen molar-refractivity contribution in [3.63, 3.8) is 0 Å². The molecule has 0 aliphatic rings. The molecule has 1 rings (SSSR count). The lowest BCUT2D eigenvalue weighted by Gasteiger charge is -2.05. The van der Waals surface area contributed by atoms with Crippen LogP contribution in [0.2, 0.25) is 0 Å². The number of carbonyl (C=O) groups excluding carboxylic acids is 2. The van der Waals surface area contributed by atoms with Gasteiger partial charge in [-0.05, 0) is 11.1 Å². The molecule has 0 fully saturated rings. The van der Waals surface area contributed by atoms with E-state index in [0.29, 0.717) is 0 Å². The van der Waals surface area contributed by atoms with E-state index in [1.165, 1.54) is 0 Å². The first-order valence-corrected chi connectivity index (χ1v) is 5.68. The molecule has 4 heteroatoms. The zero-order valence-corrected chi connectivity index (χ0v) is 10.3. The molecule has 18 heavy (non-hydrogen) atoms. The van der Waals surface area contributed by atoms with Crippen molar-refractivity contribution in [2.75, 3.05) is 6.61 Å². The highest BCUT2D eigenvalue weighted by Gasteiger charge is 2.06. The monoisotopic (exact) mass is 248 g/mol. The molecular formula is C14H16O4. The van der Waals surface area contributed by atoms with Gasteiger partial charge in [-0.2, -0.15) is 0 Å². The third-order valence-corrected chi connectivity index (χ3v) is 2.25. The number of ether oxygens (including phenoxy) is 2. The molecule has 0 radical (unpaired) electrons. The highest BCUT2D eigenvalue weighted by molar-refractivity contribution is 5.76. The van der Waals surface area contributed by atoms with Crippen molar-refractivity contribution in [3.05, 3.63) is 42.0 Å². The van der Waals surface area contributed by atoms with E-state index in [1.54, 1.807) is 13.0 Å². The number of benzene rings is 1. The average molecular weight is 248 g/mol. The van der Waals surface area contributed by atoms with Crippen LogP contribution >= 0.6 is 0 Å². The van der Waals surface area contributed by atoms with Gasteiger partial charge >= 0.3 is 11.9 Å². The molecule has 4 nitrogen and oxygen atoms in total. The highest BCUT2D eigenvalue weighted by atomic mass is 16.6. The Labute approximate surface area is 106 Å². The second-order valence-electron chi connectivity index (χ2n) is 3.62. The summed E-state index contributed by atoms with van der Waals surface area (Å²) in [5, 5.41) is 0. The lowest BCUT2D eigenvalue weighted by atomic mass is 10.1. The zero-order chi connectivity index (χ0) is 13.4. The van der Waals surface area contributed by atoms with Crippen LogP contribution in [0.4, 0.5) is 0 Å². The summed E-state index contributed by atoms with van der Waals surface area (Å²) in [5.41, 5.74) is 1.87.